The number of halogens is 3. The molecule has 132 valence electrons. The van der Waals surface area contributed by atoms with Crippen LogP contribution in [0.3, 0.4) is 0 Å². The van der Waals surface area contributed by atoms with E-state index in [0.29, 0.717) is 0 Å². The topological polar surface area (TPSA) is 66.4 Å². The second-order valence-electron chi connectivity index (χ2n) is 5.29. The summed E-state index contributed by atoms with van der Waals surface area (Å²) in [5, 5.41) is 11.5. The highest BCUT2D eigenvalue weighted by atomic mass is 19.4. The van der Waals surface area contributed by atoms with Crippen LogP contribution in [0.4, 0.5) is 13.2 Å². The smallest absolute Gasteiger partial charge is 0.416 e. The van der Waals surface area contributed by atoms with Gasteiger partial charge in [-0.2, -0.15) is 13.2 Å². The number of hydrogen-bond acceptors (Lipinski definition) is 2. The van der Waals surface area contributed by atoms with Gasteiger partial charge in [0.2, 0.25) is 5.91 Å². The SMILES string of the molecule is C/C=C/CC(NC(=O)C(CC)c1cccc(C(F)(F)F)c1)C(=O)O. The van der Waals surface area contributed by atoms with Gasteiger partial charge in [-0.05, 0) is 31.4 Å². The molecule has 0 saturated carbocycles. The maximum Gasteiger partial charge on any atom is 0.416 e. The minimum absolute atomic E-state index is 0.108. The van der Waals surface area contributed by atoms with E-state index in [1.54, 1.807) is 26.0 Å². The Balaban J connectivity index is 3.00. The number of hydrogen-bond donors (Lipinski definition) is 2. The van der Waals surface area contributed by atoms with Crippen LogP contribution in [0.15, 0.2) is 36.4 Å². The van der Waals surface area contributed by atoms with E-state index in [1.165, 1.54) is 12.1 Å². The first-order valence-corrected chi connectivity index (χ1v) is 7.52. The third-order valence-corrected chi connectivity index (χ3v) is 3.56. The molecule has 2 N–H and O–H groups in total. The number of carboxylic acids is 1. The van der Waals surface area contributed by atoms with Crippen molar-refractivity contribution in [1.29, 1.82) is 0 Å². The zero-order valence-electron chi connectivity index (χ0n) is 13.4. The van der Waals surface area contributed by atoms with Crippen LogP contribution in [0, 0.1) is 0 Å². The Labute approximate surface area is 138 Å². The molecule has 0 fully saturated rings. The molecule has 0 aromatic heterocycles. The Hall–Kier alpha value is -2.31. The first-order valence-electron chi connectivity index (χ1n) is 7.52. The highest BCUT2D eigenvalue weighted by Gasteiger charge is 2.32. The van der Waals surface area contributed by atoms with E-state index in [0.717, 1.165) is 12.1 Å². The van der Waals surface area contributed by atoms with Gasteiger partial charge in [0.15, 0.2) is 0 Å². The molecule has 7 heteroatoms. The second kappa shape index (κ2) is 8.52. The predicted molar refractivity (Wildman–Crippen MR) is 83.5 cm³/mol. The largest absolute Gasteiger partial charge is 0.480 e. The molecular weight excluding hydrogens is 323 g/mol. The van der Waals surface area contributed by atoms with E-state index >= 15 is 0 Å². The molecule has 1 aromatic rings. The third kappa shape index (κ3) is 5.40. The number of rotatable bonds is 7. The highest BCUT2D eigenvalue weighted by molar-refractivity contribution is 5.88. The summed E-state index contributed by atoms with van der Waals surface area (Å²) in [6, 6.07) is 3.41. The summed E-state index contributed by atoms with van der Waals surface area (Å²) in [6.45, 7) is 3.38. The summed E-state index contributed by atoms with van der Waals surface area (Å²) >= 11 is 0. The highest BCUT2D eigenvalue weighted by Crippen LogP contribution is 2.31. The fourth-order valence-electron chi connectivity index (χ4n) is 2.27. The van der Waals surface area contributed by atoms with Crippen molar-refractivity contribution >= 4 is 11.9 Å². The van der Waals surface area contributed by atoms with Crippen molar-refractivity contribution in [1.82, 2.24) is 5.32 Å². The fourth-order valence-corrected chi connectivity index (χ4v) is 2.27. The molecular formula is C17H20F3NO3. The van der Waals surface area contributed by atoms with Crippen LogP contribution in [0.2, 0.25) is 0 Å². The van der Waals surface area contributed by atoms with E-state index in [1.807, 2.05) is 0 Å². The predicted octanol–water partition coefficient (Wildman–Crippen LogP) is 3.73. The van der Waals surface area contributed by atoms with Gasteiger partial charge in [0.1, 0.15) is 6.04 Å². The lowest BCUT2D eigenvalue weighted by Crippen LogP contribution is -2.42. The van der Waals surface area contributed by atoms with E-state index in [-0.39, 0.29) is 18.4 Å². The van der Waals surface area contributed by atoms with Gasteiger partial charge in [0.25, 0.3) is 0 Å². The third-order valence-electron chi connectivity index (χ3n) is 3.56. The molecule has 0 aliphatic rings. The van der Waals surface area contributed by atoms with Crippen molar-refractivity contribution in [3.63, 3.8) is 0 Å². The average Bonchev–Trinajstić information content (AvgIpc) is 2.51. The zero-order valence-corrected chi connectivity index (χ0v) is 13.4. The van der Waals surface area contributed by atoms with Gasteiger partial charge in [0, 0.05) is 0 Å². The number of carboxylic acid groups (broad SMARTS) is 1. The summed E-state index contributed by atoms with van der Waals surface area (Å²) in [6.07, 6.45) is -0.878. The molecule has 0 spiro atoms. The van der Waals surface area contributed by atoms with E-state index in [4.69, 9.17) is 5.11 Å². The molecule has 0 aliphatic carbocycles. The number of amides is 1. The summed E-state index contributed by atoms with van der Waals surface area (Å²) in [5.41, 5.74) is -0.630. The molecule has 0 radical (unpaired) electrons. The minimum atomic E-state index is -4.50. The van der Waals surface area contributed by atoms with E-state index in [2.05, 4.69) is 5.32 Å². The quantitative estimate of drug-likeness (QED) is 0.741. The number of allylic oxidation sites excluding steroid dienone is 1. The summed E-state index contributed by atoms with van der Waals surface area (Å²) in [4.78, 5) is 23.5. The zero-order chi connectivity index (χ0) is 18.3. The molecule has 2 unspecified atom stereocenters. The monoisotopic (exact) mass is 343 g/mol. The lowest BCUT2D eigenvalue weighted by atomic mass is 9.93. The van der Waals surface area contributed by atoms with Crippen LogP contribution < -0.4 is 5.32 Å². The molecule has 1 amide bonds. The van der Waals surface area contributed by atoms with Gasteiger partial charge in [0.05, 0.1) is 11.5 Å². The fraction of sp³-hybridized carbons (Fsp3) is 0.412. The van der Waals surface area contributed by atoms with Crippen LogP contribution in [0.5, 0.6) is 0 Å². The van der Waals surface area contributed by atoms with Crippen LogP contribution in [-0.2, 0) is 15.8 Å². The van der Waals surface area contributed by atoms with Crippen molar-refractivity contribution in [3.8, 4) is 0 Å². The molecule has 1 rings (SSSR count). The van der Waals surface area contributed by atoms with Crippen LogP contribution in [0.25, 0.3) is 0 Å². The summed E-state index contributed by atoms with van der Waals surface area (Å²) < 4.78 is 38.4. The summed E-state index contributed by atoms with van der Waals surface area (Å²) in [5.74, 6) is -2.64. The van der Waals surface area contributed by atoms with Gasteiger partial charge < -0.3 is 10.4 Å². The maximum absolute atomic E-state index is 12.8. The van der Waals surface area contributed by atoms with Gasteiger partial charge in [-0.1, -0.05) is 37.3 Å². The summed E-state index contributed by atoms with van der Waals surface area (Å²) in [7, 11) is 0. The van der Waals surface area contributed by atoms with Crippen molar-refractivity contribution in [2.75, 3.05) is 0 Å². The number of nitrogens with one attached hydrogen (secondary N) is 1. The second-order valence-corrected chi connectivity index (χ2v) is 5.29. The molecule has 2 atom stereocenters. The molecule has 0 aliphatic heterocycles. The molecule has 0 heterocycles. The number of alkyl halides is 3. The Bertz CT molecular complexity index is 611. The van der Waals surface area contributed by atoms with Crippen LogP contribution in [-0.4, -0.2) is 23.0 Å². The Morgan fingerprint density at radius 2 is 2.00 bits per heavy atom. The average molecular weight is 343 g/mol. The molecule has 24 heavy (non-hydrogen) atoms. The first-order chi connectivity index (χ1) is 11.2. The molecule has 0 bridgehead atoms. The van der Waals surface area contributed by atoms with Crippen molar-refractivity contribution in [2.24, 2.45) is 0 Å². The minimum Gasteiger partial charge on any atom is -0.480 e. The molecule has 1 aromatic carbocycles. The standard InChI is InChI=1S/C17H20F3NO3/c1-3-5-9-14(16(23)24)21-15(22)13(4-2)11-7-6-8-12(10-11)17(18,19)20/h3,5-8,10,13-14H,4,9H2,1-2H3,(H,21,22)(H,23,24)/b5-3+. The van der Waals surface area contributed by atoms with E-state index < -0.39 is 35.6 Å². The maximum atomic E-state index is 12.8. The first kappa shape index (κ1) is 19.7. The van der Waals surface area contributed by atoms with Crippen molar-refractivity contribution in [2.45, 2.75) is 44.8 Å². The molecule has 4 nitrogen and oxygen atoms in total. The Morgan fingerprint density at radius 1 is 1.33 bits per heavy atom. The van der Waals surface area contributed by atoms with Gasteiger partial charge in [-0.25, -0.2) is 4.79 Å². The van der Waals surface area contributed by atoms with Crippen LogP contribution >= 0.6 is 0 Å². The number of carbonyl (C=O) groups is 2. The van der Waals surface area contributed by atoms with Gasteiger partial charge in [-0.3, -0.25) is 4.79 Å². The van der Waals surface area contributed by atoms with Gasteiger partial charge >= 0.3 is 12.1 Å². The molecule has 0 saturated heterocycles. The van der Waals surface area contributed by atoms with Crippen LogP contribution in [0.1, 0.15) is 43.7 Å². The number of carbonyl (C=O) groups excluding carboxylic acids is 1. The number of benzene rings is 1. The number of aliphatic carboxylic acids is 1. The van der Waals surface area contributed by atoms with Gasteiger partial charge in [-0.15, -0.1) is 0 Å². The van der Waals surface area contributed by atoms with Crippen molar-refractivity contribution in [3.05, 3.63) is 47.5 Å². The lowest BCUT2D eigenvalue weighted by molar-refractivity contribution is -0.142. The lowest BCUT2D eigenvalue weighted by Gasteiger charge is -2.20. The Morgan fingerprint density at radius 3 is 2.50 bits per heavy atom. The van der Waals surface area contributed by atoms with E-state index in [9.17, 15) is 22.8 Å². The normalized spacial score (nSPS) is 14.4. The van der Waals surface area contributed by atoms with Crippen molar-refractivity contribution < 1.29 is 27.9 Å². The Kier molecular flexibility index (Phi) is 7.00.